The summed E-state index contributed by atoms with van der Waals surface area (Å²) in [6.45, 7) is 0. The number of rotatable bonds is 1. The molecule has 0 aliphatic rings. The zero-order valence-corrected chi connectivity index (χ0v) is 8.45. The zero-order chi connectivity index (χ0) is 10.8. The number of anilines is 1. The number of benzene rings is 1. The summed E-state index contributed by atoms with van der Waals surface area (Å²) in [5.41, 5.74) is 6.41. The molecule has 15 heavy (non-hydrogen) atoms. The van der Waals surface area contributed by atoms with E-state index in [0.29, 0.717) is 10.7 Å². The van der Waals surface area contributed by atoms with Crippen molar-refractivity contribution in [2.24, 2.45) is 0 Å². The summed E-state index contributed by atoms with van der Waals surface area (Å²) in [5, 5.41) is 0.601. The molecule has 1 aromatic carbocycles. The first-order chi connectivity index (χ1) is 7.15. The van der Waals surface area contributed by atoms with Gasteiger partial charge in [-0.1, -0.05) is 23.7 Å². The maximum atomic E-state index is 11.1. The van der Waals surface area contributed by atoms with Gasteiger partial charge in [-0.05, 0) is 17.7 Å². The van der Waals surface area contributed by atoms with E-state index in [1.54, 1.807) is 24.3 Å². The van der Waals surface area contributed by atoms with Crippen LogP contribution in [0.25, 0.3) is 11.3 Å². The maximum Gasteiger partial charge on any atom is 0.347 e. The highest BCUT2D eigenvalue weighted by atomic mass is 35.5. The van der Waals surface area contributed by atoms with Gasteiger partial charge in [0.1, 0.15) is 5.82 Å². The molecule has 2 aromatic rings. The van der Waals surface area contributed by atoms with E-state index in [-0.39, 0.29) is 5.82 Å². The highest BCUT2D eigenvalue weighted by Crippen LogP contribution is 2.20. The molecule has 0 bridgehead atoms. The Kier molecular flexibility index (Phi) is 2.43. The molecule has 0 saturated carbocycles. The number of halogens is 1. The SMILES string of the molecule is Nc1cc(-c2cccc(Cl)c2)[nH]c(=O)n1. The van der Waals surface area contributed by atoms with Gasteiger partial charge in [0.05, 0.1) is 5.69 Å². The van der Waals surface area contributed by atoms with Gasteiger partial charge in [0.2, 0.25) is 0 Å². The van der Waals surface area contributed by atoms with Crippen LogP contribution < -0.4 is 11.4 Å². The third kappa shape index (κ3) is 2.16. The van der Waals surface area contributed by atoms with Crippen molar-refractivity contribution in [2.45, 2.75) is 0 Å². The van der Waals surface area contributed by atoms with E-state index in [1.807, 2.05) is 6.07 Å². The van der Waals surface area contributed by atoms with E-state index in [1.165, 1.54) is 0 Å². The largest absolute Gasteiger partial charge is 0.383 e. The summed E-state index contributed by atoms with van der Waals surface area (Å²) in [5.74, 6) is 0.189. The molecule has 3 N–H and O–H groups in total. The van der Waals surface area contributed by atoms with Crippen LogP contribution in [0.2, 0.25) is 5.02 Å². The van der Waals surface area contributed by atoms with Crippen molar-refractivity contribution >= 4 is 17.4 Å². The number of hydrogen-bond donors (Lipinski definition) is 2. The Labute approximate surface area is 90.7 Å². The minimum atomic E-state index is -0.468. The fraction of sp³-hybridized carbons (Fsp3) is 0. The lowest BCUT2D eigenvalue weighted by atomic mass is 10.1. The van der Waals surface area contributed by atoms with Crippen LogP contribution in [0.3, 0.4) is 0 Å². The summed E-state index contributed by atoms with van der Waals surface area (Å²) in [6, 6.07) is 8.72. The Hall–Kier alpha value is -1.81. The van der Waals surface area contributed by atoms with Gasteiger partial charge in [-0.25, -0.2) is 4.79 Å². The molecule has 1 heterocycles. The monoisotopic (exact) mass is 221 g/mol. The highest BCUT2D eigenvalue weighted by molar-refractivity contribution is 6.30. The third-order valence-corrected chi connectivity index (χ3v) is 2.14. The molecular weight excluding hydrogens is 214 g/mol. The van der Waals surface area contributed by atoms with Crippen molar-refractivity contribution in [3.63, 3.8) is 0 Å². The predicted octanol–water partition coefficient (Wildman–Crippen LogP) is 1.67. The van der Waals surface area contributed by atoms with Crippen molar-refractivity contribution in [3.8, 4) is 11.3 Å². The second-order valence-electron chi connectivity index (χ2n) is 3.04. The molecule has 0 atom stereocenters. The van der Waals surface area contributed by atoms with Crippen molar-refractivity contribution in [1.82, 2.24) is 9.97 Å². The lowest BCUT2D eigenvalue weighted by Gasteiger charge is -2.02. The maximum absolute atomic E-state index is 11.1. The third-order valence-electron chi connectivity index (χ3n) is 1.90. The van der Waals surface area contributed by atoms with Gasteiger partial charge < -0.3 is 10.7 Å². The number of aromatic nitrogens is 2. The van der Waals surface area contributed by atoms with E-state index in [4.69, 9.17) is 17.3 Å². The minimum absolute atomic E-state index is 0.189. The Morgan fingerprint density at radius 2 is 2.13 bits per heavy atom. The van der Waals surface area contributed by atoms with Crippen LogP contribution in [0, 0.1) is 0 Å². The summed E-state index contributed by atoms with van der Waals surface area (Å²) in [7, 11) is 0. The summed E-state index contributed by atoms with van der Waals surface area (Å²) >= 11 is 5.84. The van der Waals surface area contributed by atoms with Crippen LogP contribution >= 0.6 is 11.6 Å². The smallest absolute Gasteiger partial charge is 0.347 e. The predicted molar refractivity (Wildman–Crippen MR) is 59.7 cm³/mol. The Bertz CT molecular complexity index is 550. The van der Waals surface area contributed by atoms with Gasteiger partial charge >= 0.3 is 5.69 Å². The van der Waals surface area contributed by atoms with Crippen molar-refractivity contribution in [1.29, 1.82) is 0 Å². The van der Waals surface area contributed by atoms with Crippen LogP contribution in [0.4, 0.5) is 5.82 Å². The van der Waals surface area contributed by atoms with E-state index in [0.717, 1.165) is 5.56 Å². The van der Waals surface area contributed by atoms with Crippen molar-refractivity contribution < 1.29 is 0 Å². The Morgan fingerprint density at radius 3 is 2.80 bits per heavy atom. The molecule has 0 aliphatic carbocycles. The van der Waals surface area contributed by atoms with Gasteiger partial charge in [-0.3, -0.25) is 0 Å². The molecule has 5 heteroatoms. The molecule has 0 fully saturated rings. The Balaban J connectivity index is 2.59. The standard InChI is InChI=1S/C10H8ClN3O/c11-7-3-1-2-6(4-7)8-5-9(12)14-10(15)13-8/h1-5H,(H3,12,13,14,15). The number of H-pyrrole nitrogens is 1. The molecule has 0 saturated heterocycles. The molecule has 76 valence electrons. The molecule has 1 aromatic heterocycles. The molecule has 0 unspecified atom stereocenters. The van der Waals surface area contributed by atoms with Crippen LogP contribution in [0.1, 0.15) is 0 Å². The summed E-state index contributed by atoms with van der Waals surface area (Å²) in [6.07, 6.45) is 0. The average molecular weight is 222 g/mol. The minimum Gasteiger partial charge on any atom is -0.383 e. The normalized spacial score (nSPS) is 10.2. The van der Waals surface area contributed by atoms with Crippen LogP contribution in [-0.4, -0.2) is 9.97 Å². The molecule has 2 rings (SSSR count). The number of nitrogens with two attached hydrogens (primary N) is 1. The molecule has 4 nitrogen and oxygen atoms in total. The number of nitrogens with one attached hydrogen (secondary N) is 1. The second kappa shape index (κ2) is 3.74. The van der Waals surface area contributed by atoms with E-state index in [2.05, 4.69) is 9.97 Å². The van der Waals surface area contributed by atoms with Crippen LogP contribution in [0.5, 0.6) is 0 Å². The summed E-state index contributed by atoms with van der Waals surface area (Å²) < 4.78 is 0. The van der Waals surface area contributed by atoms with Gasteiger partial charge in [-0.15, -0.1) is 0 Å². The molecule has 0 aliphatic heterocycles. The van der Waals surface area contributed by atoms with Crippen molar-refractivity contribution in [2.75, 3.05) is 5.73 Å². The number of aromatic amines is 1. The number of hydrogen-bond acceptors (Lipinski definition) is 3. The van der Waals surface area contributed by atoms with E-state index in [9.17, 15) is 4.79 Å². The van der Waals surface area contributed by atoms with Gasteiger partial charge in [0.25, 0.3) is 0 Å². The first-order valence-electron chi connectivity index (χ1n) is 4.28. The van der Waals surface area contributed by atoms with Crippen LogP contribution in [0.15, 0.2) is 35.1 Å². The van der Waals surface area contributed by atoms with Crippen molar-refractivity contribution in [3.05, 3.63) is 45.8 Å². The molecule has 0 radical (unpaired) electrons. The van der Waals surface area contributed by atoms with Gasteiger partial charge in [0.15, 0.2) is 0 Å². The second-order valence-corrected chi connectivity index (χ2v) is 3.47. The molecule has 0 spiro atoms. The lowest BCUT2D eigenvalue weighted by molar-refractivity contribution is 1.09. The topological polar surface area (TPSA) is 71.8 Å². The lowest BCUT2D eigenvalue weighted by Crippen LogP contribution is -2.12. The number of nitrogen functional groups attached to an aromatic ring is 1. The highest BCUT2D eigenvalue weighted by Gasteiger charge is 2.01. The average Bonchev–Trinajstić information content (AvgIpc) is 2.16. The van der Waals surface area contributed by atoms with E-state index < -0.39 is 5.69 Å². The molecule has 0 amide bonds. The van der Waals surface area contributed by atoms with E-state index >= 15 is 0 Å². The summed E-state index contributed by atoms with van der Waals surface area (Å²) in [4.78, 5) is 17.2. The first kappa shape index (κ1) is 9.73. The van der Waals surface area contributed by atoms with Gasteiger partial charge in [-0.2, -0.15) is 4.98 Å². The fourth-order valence-electron chi connectivity index (χ4n) is 1.29. The quantitative estimate of drug-likeness (QED) is 0.770. The Morgan fingerprint density at radius 1 is 1.33 bits per heavy atom. The fourth-order valence-corrected chi connectivity index (χ4v) is 1.48. The van der Waals surface area contributed by atoms with Crippen LogP contribution in [-0.2, 0) is 0 Å². The van der Waals surface area contributed by atoms with Gasteiger partial charge in [0, 0.05) is 11.1 Å². The number of nitrogens with zero attached hydrogens (tertiary/aromatic N) is 1. The molecular formula is C10H8ClN3O. The zero-order valence-electron chi connectivity index (χ0n) is 7.70. The first-order valence-corrected chi connectivity index (χ1v) is 4.66.